The van der Waals surface area contributed by atoms with Gasteiger partial charge < -0.3 is 0 Å². The number of aryl methyl sites for hydroxylation is 2. The minimum Gasteiger partial charge on any atom is -0.235 e. The van der Waals surface area contributed by atoms with E-state index in [1.54, 1.807) is 29.4 Å². The van der Waals surface area contributed by atoms with Gasteiger partial charge in [0, 0.05) is 4.90 Å². The summed E-state index contributed by atoms with van der Waals surface area (Å²) in [6, 6.07) is 8.52. The highest BCUT2D eigenvalue weighted by atomic mass is 32.2. The van der Waals surface area contributed by atoms with Crippen molar-refractivity contribution in [2.45, 2.75) is 23.8 Å². The minimum absolute atomic E-state index is 1.04. The van der Waals surface area contributed by atoms with E-state index in [0.29, 0.717) is 0 Å². The Kier molecular flexibility index (Phi) is 3.06. The first-order valence-electron chi connectivity index (χ1n) is 5.67. The molecule has 0 bridgehead atoms. The Bertz CT molecular complexity index is 687. The molecule has 0 spiro atoms. The zero-order valence-electron chi connectivity index (χ0n) is 10.2. The first-order chi connectivity index (χ1) is 8.74. The summed E-state index contributed by atoms with van der Waals surface area (Å²) in [4.78, 5) is 9.96. The Morgan fingerprint density at radius 2 is 1.83 bits per heavy atom. The van der Waals surface area contributed by atoms with Gasteiger partial charge in [-0.15, -0.1) is 11.3 Å². The molecule has 0 saturated heterocycles. The van der Waals surface area contributed by atoms with Crippen molar-refractivity contribution >= 4 is 33.3 Å². The third-order valence-corrected chi connectivity index (χ3v) is 4.97. The fraction of sp³-hybridized carbons (Fsp3) is 0.143. The smallest absolute Gasteiger partial charge is 0.122 e. The molecule has 0 amide bonds. The standard InChI is InChI=1S/C14H12N2S2/c1-9-3-5-11(6-4-9)18-14-13-12(15-8-16-14)10(2)7-17-13/h3-8H,1-2H3. The maximum Gasteiger partial charge on any atom is 0.122 e. The van der Waals surface area contributed by atoms with E-state index in [4.69, 9.17) is 0 Å². The lowest BCUT2D eigenvalue weighted by molar-refractivity contribution is 1.10. The number of rotatable bonds is 2. The van der Waals surface area contributed by atoms with Gasteiger partial charge >= 0.3 is 0 Å². The van der Waals surface area contributed by atoms with Crippen LogP contribution in [-0.2, 0) is 0 Å². The molecule has 4 heteroatoms. The normalized spacial score (nSPS) is 11.0. The van der Waals surface area contributed by atoms with Crippen LogP contribution in [0.4, 0.5) is 0 Å². The van der Waals surface area contributed by atoms with E-state index in [2.05, 4.69) is 53.5 Å². The van der Waals surface area contributed by atoms with Crippen LogP contribution in [0.2, 0.25) is 0 Å². The molecule has 0 N–H and O–H groups in total. The van der Waals surface area contributed by atoms with Crippen LogP contribution < -0.4 is 0 Å². The van der Waals surface area contributed by atoms with Crippen molar-refractivity contribution in [1.82, 2.24) is 9.97 Å². The lowest BCUT2D eigenvalue weighted by Gasteiger charge is -2.02. The highest BCUT2D eigenvalue weighted by molar-refractivity contribution is 7.99. The number of aromatic nitrogens is 2. The van der Waals surface area contributed by atoms with Gasteiger partial charge in [-0.25, -0.2) is 9.97 Å². The Morgan fingerprint density at radius 3 is 2.61 bits per heavy atom. The van der Waals surface area contributed by atoms with Gasteiger partial charge in [-0.3, -0.25) is 0 Å². The fourth-order valence-corrected chi connectivity index (χ4v) is 3.68. The average molecular weight is 272 g/mol. The van der Waals surface area contributed by atoms with Crippen LogP contribution in [-0.4, -0.2) is 9.97 Å². The molecule has 0 fully saturated rings. The zero-order valence-corrected chi connectivity index (χ0v) is 11.8. The topological polar surface area (TPSA) is 25.8 Å². The van der Waals surface area contributed by atoms with Crippen LogP contribution in [0.5, 0.6) is 0 Å². The van der Waals surface area contributed by atoms with E-state index < -0.39 is 0 Å². The number of benzene rings is 1. The zero-order chi connectivity index (χ0) is 12.5. The molecule has 2 nitrogen and oxygen atoms in total. The number of thiophene rings is 1. The van der Waals surface area contributed by atoms with Gasteiger partial charge in [0.05, 0.1) is 10.2 Å². The van der Waals surface area contributed by atoms with Crippen LogP contribution in [0.1, 0.15) is 11.1 Å². The average Bonchev–Trinajstić information content (AvgIpc) is 2.76. The molecule has 0 unspecified atom stereocenters. The van der Waals surface area contributed by atoms with Gasteiger partial charge in [-0.2, -0.15) is 0 Å². The van der Waals surface area contributed by atoms with Crippen LogP contribution >= 0.6 is 23.1 Å². The van der Waals surface area contributed by atoms with Gasteiger partial charge in [0.25, 0.3) is 0 Å². The number of hydrogen-bond acceptors (Lipinski definition) is 4. The first kappa shape index (κ1) is 11.7. The summed E-state index contributed by atoms with van der Waals surface area (Å²) in [7, 11) is 0. The molecule has 0 radical (unpaired) electrons. The van der Waals surface area contributed by atoms with E-state index in [0.717, 1.165) is 10.5 Å². The second-order valence-electron chi connectivity index (χ2n) is 4.19. The van der Waals surface area contributed by atoms with Crippen molar-refractivity contribution in [3.05, 3.63) is 47.1 Å². The Balaban J connectivity index is 2.02. The molecular weight excluding hydrogens is 260 g/mol. The number of hydrogen-bond donors (Lipinski definition) is 0. The van der Waals surface area contributed by atoms with Gasteiger partial charge in [0.15, 0.2) is 0 Å². The summed E-state index contributed by atoms with van der Waals surface area (Å²) in [5.74, 6) is 0. The van der Waals surface area contributed by atoms with Crippen molar-refractivity contribution in [2.75, 3.05) is 0 Å². The molecule has 3 rings (SSSR count). The SMILES string of the molecule is Cc1ccc(Sc2ncnc3c(C)csc23)cc1. The summed E-state index contributed by atoms with van der Waals surface area (Å²) < 4.78 is 1.18. The second kappa shape index (κ2) is 4.71. The fourth-order valence-electron chi connectivity index (χ4n) is 1.74. The number of nitrogens with zero attached hydrogens (tertiary/aromatic N) is 2. The van der Waals surface area contributed by atoms with Gasteiger partial charge in [0.1, 0.15) is 11.4 Å². The molecule has 18 heavy (non-hydrogen) atoms. The van der Waals surface area contributed by atoms with Gasteiger partial charge in [0.2, 0.25) is 0 Å². The largest absolute Gasteiger partial charge is 0.235 e. The predicted molar refractivity (Wildman–Crippen MR) is 77.5 cm³/mol. The van der Waals surface area contributed by atoms with Crippen LogP contribution in [0, 0.1) is 13.8 Å². The van der Waals surface area contributed by atoms with E-state index in [1.807, 2.05) is 0 Å². The molecule has 3 aromatic rings. The molecule has 2 aromatic heterocycles. The highest BCUT2D eigenvalue weighted by Gasteiger charge is 2.09. The lowest BCUT2D eigenvalue weighted by Crippen LogP contribution is -1.84. The minimum atomic E-state index is 1.04. The molecule has 1 aromatic carbocycles. The predicted octanol–water partition coefficient (Wildman–Crippen LogP) is 4.46. The lowest BCUT2D eigenvalue weighted by atomic mass is 10.2. The Hall–Kier alpha value is -1.39. The quantitative estimate of drug-likeness (QED) is 0.644. The summed E-state index contributed by atoms with van der Waals surface area (Å²) in [5.41, 5.74) is 3.58. The second-order valence-corrected chi connectivity index (χ2v) is 6.13. The molecular formula is C14H12N2S2. The third kappa shape index (κ3) is 2.13. The van der Waals surface area contributed by atoms with Crippen LogP contribution in [0.25, 0.3) is 10.2 Å². The van der Waals surface area contributed by atoms with Crippen LogP contribution in [0.15, 0.2) is 45.9 Å². The van der Waals surface area contributed by atoms with Crippen molar-refractivity contribution in [3.63, 3.8) is 0 Å². The number of fused-ring (bicyclic) bond motifs is 1. The molecule has 0 saturated carbocycles. The van der Waals surface area contributed by atoms with Crippen molar-refractivity contribution in [3.8, 4) is 0 Å². The van der Waals surface area contributed by atoms with E-state index >= 15 is 0 Å². The summed E-state index contributed by atoms with van der Waals surface area (Å²) in [6.45, 7) is 4.19. The molecule has 0 atom stereocenters. The summed E-state index contributed by atoms with van der Waals surface area (Å²) in [6.07, 6.45) is 1.65. The van der Waals surface area contributed by atoms with Crippen molar-refractivity contribution in [1.29, 1.82) is 0 Å². The molecule has 0 aliphatic carbocycles. The van der Waals surface area contributed by atoms with E-state index in [-0.39, 0.29) is 0 Å². The molecule has 0 aliphatic heterocycles. The van der Waals surface area contributed by atoms with E-state index in [1.165, 1.54) is 20.7 Å². The molecule has 2 heterocycles. The maximum absolute atomic E-state index is 4.40. The Labute approximate surface area is 114 Å². The van der Waals surface area contributed by atoms with Gasteiger partial charge in [-0.1, -0.05) is 29.5 Å². The van der Waals surface area contributed by atoms with Crippen molar-refractivity contribution < 1.29 is 0 Å². The third-order valence-electron chi connectivity index (χ3n) is 2.73. The monoisotopic (exact) mass is 272 g/mol. The maximum atomic E-state index is 4.40. The first-order valence-corrected chi connectivity index (χ1v) is 7.37. The van der Waals surface area contributed by atoms with Crippen LogP contribution in [0.3, 0.4) is 0 Å². The molecule has 90 valence electrons. The Morgan fingerprint density at radius 1 is 1.06 bits per heavy atom. The van der Waals surface area contributed by atoms with Crippen molar-refractivity contribution in [2.24, 2.45) is 0 Å². The van der Waals surface area contributed by atoms with Gasteiger partial charge in [-0.05, 0) is 36.9 Å². The van der Waals surface area contributed by atoms with E-state index in [9.17, 15) is 0 Å². The summed E-state index contributed by atoms with van der Waals surface area (Å²) in [5, 5.41) is 3.18. The summed E-state index contributed by atoms with van der Waals surface area (Å²) >= 11 is 3.42. The highest BCUT2D eigenvalue weighted by Crippen LogP contribution is 2.35. The molecule has 0 aliphatic rings.